The Morgan fingerprint density at radius 1 is 1.13 bits per heavy atom. The van der Waals surface area contributed by atoms with Crippen LogP contribution in [0, 0.1) is 6.92 Å². The maximum absolute atomic E-state index is 5.76. The van der Waals surface area contributed by atoms with Crippen LogP contribution in [-0.4, -0.2) is 31.3 Å². The third-order valence-corrected chi connectivity index (χ3v) is 5.10. The lowest BCUT2D eigenvalue weighted by atomic mass is 10.0. The molecule has 0 aliphatic carbocycles. The van der Waals surface area contributed by atoms with E-state index in [4.69, 9.17) is 14.8 Å². The minimum absolute atomic E-state index is 0.270. The van der Waals surface area contributed by atoms with Crippen LogP contribution < -0.4 is 10.1 Å². The van der Waals surface area contributed by atoms with Crippen molar-refractivity contribution in [1.29, 1.82) is 0 Å². The molecule has 0 saturated carbocycles. The summed E-state index contributed by atoms with van der Waals surface area (Å²) in [7, 11) is 1.93. The number of fused-ring (bicyclic) bond motifs is 1. The molecule has 7 heteroatoms. The van der Waals surface area contributed by atoms with Crippen molar-refractivity contribution < 1.29 is 4.74 Å². The normalized spacial score (nSPS) is 11.3. The molecule has 31 heavy (non-hydrogen) atoms. The van der Waals surface area contributed by atoms with Crippen molar-refractivity contribution in [2.45, 2.75) is 40.2 Å². The van der Waals surface area contributed by atoms with Gasteiger partial charge in [0.05, 0.1) is 41.2 Å². The highest BCUT2D eigenvalue weighted by Gasteiger charge is 2.20. The summed E-state index contributed by atoms with van der Waals surface area (Å²) in [5, 5.41) is 9.39. The summed E-state index contributed by atoms with van der Waals surface area (Å²) >= 11 is 0. The number of aryl methyl sites for hydroxylation is 2. The Hall–Kier alpha value is -3.48. The lowest BCUT2D eigenvalue weighted by Gasteiger charge is -2.13. The second-order valence-electron chi connectivity index (χ2n) is 7.83. The van der Waals surface area contributed by atoms with Gasteiger partial charge in [-0.3, -0.25) is 9.67 Å². The summed E-state index contributed by atoms with van der Waals surface area (Å²) in [4.78, 5) is 14.0. The Morgan fingerprint density at radius 3 is 2.71 bits per heavy atom. The number of rotatable bonds is 7. The summed E-state index contributed by atoms with van der Waals surface area (Å²) in [6.45, 7) is 9.40. The number of hydrogen-bond acceptors (Lipinski definition) is 6. The van der Waals surface area contributed by atoms with Crippen molar-refractivity contribution in [3.05, 3.63) is 59.7 Å². The molecule has 4 aromatic rings. The van der Waals surface area contributed by atoms with Crippen LogP contribution in [0.5, 0.6) is 5.88 Å². The Balaban J connectivity index is 1.85. The summed E-state index contributed by atoms with van der Waals surface area (Å²) in [6.07, 6.45) is 1.73. The van der Waals surface area contributed by atoms with Crippen molar-refractivity contribution in [1.82, 2.24) is 24.7 Å². The predicted octanol–water partition coefficient (Wildman–Crippen LogP) is 4.87. The van der Waals surface area contributed by atoms with Crippen molar-refractivity contribution in [3.8, 4) is 17.1 Å². The zero-order valence-corrected chi connectivity index (χ0v) is 18.7. The molecule has 0 aromatic carbocycles. The summed E-state index contributed by atoms with van der Waals surface area (Å²) in [5.74, 6) is 0.848. The SMILES string of the molecule is CCOc1ncccc1-c1cc(NCc2cccc(C)n2)c2c(C(C)C)nn(C)c2n1. The molecule has 0 aliphatic heterocycles. The van der Waals surface area contributed by atoms with Crippen molar-refractivity contribution in [3.63, 3.8) is 0 Å². The fourth-order valence-electron chi connectivity index (χ4n) is 3.68. The zero-order valence-electron chi connectivity index (χ0n) is 18.7. The third-order valence-electron chi connectivity index (χ3n) is 5.10. The van der Waals surface area contributed by atoms with Gasteiger partial charge in [0.15, 0.2) is 5.65 Å². The molecule has 0 saturated heterocycles. The second kappa shape index (κ2) is 8.71. The van der Waals surface area contributed by atoms with Crippen LogP contribution in [-0.2, 0) is 13.6 Å². The van der Waals surface area contributed by atoms with E-state index in [-0.39, 0.29) is 5.92 Å². The first-order valence-electron chi connectivity index (χ1n) is 10.6. The highest BCUT2D eigenvalue weighted by molar-refractivity contribution is 5.94. The van der Waals surface area contributed by atoms with Crippen molar-refractivity contribution >= 4 is 16.7 Å². The highest BCUT2D eigenvalue weighted by atomic mass is 16.5. The maximum atomic E-state index is 5.76. The van der Waals surface area contributed by atoms with E-state index in [9.17, 15) is 0 Å². The van der Waals surface area contributed by atoms with Crippen molar-refractivity contribution in [2.75, 3.05) is 11.9 Å². The fourth-order valence-corrected chi connectivity index (χ4v) is 3.68. The average Bonchev–Trinajstić information content (AvgIpc) is 3.10. The van der Waals surface area contributed by atoms with Gasteiger partial charge in [0.25, 0.3) is 0 Å². The molecular formula is C24H28N6O. The first-order valence-corrected chi connectivity index (χ1v) is 10.6. The lowest BCUT2D eigenvalue weighted by Crippen LogP contribution is -2.05. The number of nitrogens with zero attached hydrogens (tertiary/aromatic N) is 5. The topological polar surface area (TPSA) is 77.8 Å². The Bertz CT molecular complexity index is 1210. The van der Waals surface area contributed by atoms with E-state index in [0.29, 0.717) is 19.0 Å². The van der Waals surface area contributed by atoms with Gasteiger partial charge in [0.2, 0.25) is 5.88 Å². The maximum Gasteiger partial charge on any atom is 0.222 e. The molecule has 0 spiro atoms. The van der Waals surface area contributed by atoms with Gasteiger partial charge >= 0.3 is 0 Å². The van der Waals surface area contributed by atoms with Gasteiger partial charge in [-0.2, -0.15) is 5.10 Å². The van der Waals surface area contributed by atoms with E-state index < -0.39 is 0 Å². The molecule has 0 radical (unpaired) electrons. The number of anilines is 1. The molecule has 0 fully saturated rings. The monoisotopic (exact) mass is 416 g/mol. The average molecular weight is 417 g/mol. The molecule has 160 valence electrons. The number of ether oxygens (including phenoxy) is 1. The summed E-state index contributed by atoms with van der Waals surface area (Å²) in [6, 6.07) is 12.0. The molecular weight excluding hydrogens is 388 g/mol. The van der Waals surface area contributed by atoms with Crippen LogP contribution in [0.4, 0.5) is 5.69 Å². The molecule has 4 rings (SSSR count). The smallest absolute Gasteiger partial charge is 0.222 e. The zero-order chi connectivity index (χ0) is 22.0. The first kappa shape index (κ1) is 20.8. The third kappa shape index (κ3) is 4.21. The number of nitrogens with one attached hydrogen (secondary N) is 1. The van der Waals surface area contributed by atoms with Gasteiger partial charge in [-0.15, -0.1) is 0 Å². The van der Waals surface area contributed by atoms with Crippen LogP contribution in [0.2, 0.25) is 0 Å². The molecule has 1 N–H and O–H groups in total. The molecule has 0 bridgehead atoms. The largest absolute Gasteiger partial charge is 0.477 e. The quantitative estimate of drug-likeness (QED) is 0.463. The van der Waals surface area contributed by atoms with Crippen molar-refractivity contribution in [2.24, 2.45) is 7.05 Å². The molecule has 0 aliphatic rings. The van der Waals surface area contributed by atoms with Gasteiger partial charge < -0.3 is 10.1 Å². The minimum Gasteiger partial charge on any atom is -0.477 e. The van der Waals surface area contributed by atoms with E-state index >= 15 is 0 Å². The van der Waals surface area contributed by atoms with Crippen LogP contribution >= 0.6 is 0 Å². The Labute approximate surface area is 182 Å². The van der Waals surface area contributed by atoms with E-state index in [1.54, 1.807) is 6.20 Å². The first-order chi connectivity index (χ1) is 15.0. The second-order valence-corrected chi connectivity index (χ2v) is 7.83. The van der Waals surface area contributed by atoms with Crippen LogP contribution in [0.15, 0.2) is 42.6 Å². The molecule has 0 amide bonds. The number of hydrogen-bond donors (Lipinski definition) is 1. The fraction of sp³-hybridized carbons (Fsp3) is 0.333. The van der Waals surface area contributed by atoms with E-state index in [1.807, 2.05) is 55.9 Å². The molecule has 7 nitrogen and oxygen atoms in total. The van der Waals surface area contributed by atoms with Gasteiger partial charge in [-0.05, 0) is 50.1 Å². The Kier molecular flexibility index (Phi) is 5.84. The molecule has 4 aromatic heterocycles. The standard InChI is InChI=1S/C24H28N6O/c1-6-31-24-18(11-8-12-25-24)19-13-20(26-14-17-10-7-9-16(4)27-17)21-22(15(2)3)29-30(5)23(21)28-19/h7-13,15H,6,14H2,1-5H3,(H,26,28). The molecule has 0 unspecified atom stereocenters. The van der Waals surface area contributed by atoms with Gasteiger partial charge in [-0.25, -0.2) is 9.97 Å². The lowest BCUT2D eigenvalue weighted by molar-refractivity contribution is 0.328. The summed E-state index contributed by atoms with van der Waals surface area (Å²) < 4.78 is 7.60. The van der Waals surface area contributed by atoms with Gasteiger partial charge in [0.1, 0.15) is 0 Å². The van der Waals surface area contributed by atoms with Gasteiger partial charge in [0, 0.05) is 24.6 Å². The minimum atomic E-state index is 0.270. The van der Waals surface area contributed by atoms with E-state index in [1.165, 1.54) is 0 Å². The van der Waals surface area contributed by atoms with Crippen LogP contribution in [0.3, 0.4) is 0 Å². The Morgan fingerprint density at radius 2 is 1.97 bits per heavy atom. The van der Waals surface area contributed by atoms with Crippen LogP contribution in [0.1, 0.15) is 43.8 Å². The summed E-state index contributed by atoms with van der Waals surface area (Å²) in [5.41, 5.74) is 6.46. The van der Waals surface area contributed by atoms with E-state index in [2.05, 4.69) is 35.2 Å². The number of pyridine rings is 3. The predicted molar refractivity (Wildman–Crippen MR) is 123 cm³/mol. The molecule has 0 atom stereocenters. The van der Waals surface area contributed by atoms with Crippen LogP contribution in [0.25, 0.3) is 22.3 Å². The van der Waals surface area contributed by atoms with E-state index in [0.717, 1.165) is 45.1 Å². The van der Waals surface area contributed by atoms with Gasteiger partial charge in [-0.1, -0.05) is 19.9 Å². The molecule has 4 heterocycles. The highest BCUT2D eigenvalue weighted by Crippen LogP contribution is 2.35. The number of aromatic nitrogens is 5.